The van der Waals surface area contributed by atoms with E-state index >= 15 is 0 Å². The van der Waals surface area contributed by atoms with Crippen LogP contribution in [-0.2, 0) is 4.79 Å². The summed E-state index contributed by atoms with van der Waals surface area (Å²) in [4.78, 5) is 40.1. The molecule has 1 aliphatic rings. The van der Waals surface area contributed by atoms with Gasteiger partial charge < -0.3 is 5.32 Å². The van der Waals surface area contributed by atoms with Crippen LogP contribution in [-0.4, -0.2) is 28.7 Å². The highest BCUT2D eigenvalue weighted by Gasteiger charge is 2.43. The SMILES string of the molecule is CCCC[C@@H](C(=O)Nc1ccc(C)cc1C)N1C(=O)c2cc(Cl)c(Cl)cc2C1=O. The Morgan fingerprint density at radius 1 is 1.03 bits per heavy atom. The summed E-state index contributed by atoms with van der Waals surface area (Å²) >= 11 is 12.0. The van der Waals surface area contributed by atoms with Gasteiger partial charge in [0.2, 0.25) is 5.91 Å². The van der Waals surface area contributed by atoms with Gasteiger partial charge in [0, 0.05) is 5.69 Å². The number of benzene rings is 2. The summed E-state index contributed by atoms with van der Waals surface area (Å²) in [6.45, 7) is 5.86. The highest BCUT2D eigenvalue weighted by Crippen LogP contribution is 2.33. The molecule has 0 saturated carbocycles. The second kappa shape index (κ2) is 8.56. The van der Waals surface area contributed by atoms with Crippen molar-refractivity contribution in [2.24, 2.45) is 0 Å². The first-order valence-corrected chi connectivity index (χ1v) is 10.2. The van der Waals surface area contributed by atoms with Crippen LogP contribution in [0.3, 0.4) is 0 Å². The molecule has 3 rings (SSSR count). The molecule has 1 atom stereocenters. The minimum Gasteiger partial charge on any atom is -0.324 e. The van der Waals surface area contributed by atoms with Gasteiger partial charge in [-0.3, -0.25) is 19.3 Å². The minimum absolute atomic E-state index is 0.171. The topological polar surface area (TPSA) is 66.5 Å². The zero-order valence-corrected chi connectivity index (χ0v) is 18.0. The maximum atomic E-state index is 13.1. The molecule has 3 amide bonds. The number of unbranched alkanes of at least 4 members (excludes halogenated alkanes) is 1. The molecule has 29 heavy (non-hydrogen) atoms. The first kappa shape index (κ1) is 21.3. The second-order valence-electron chi connectivity index (χ2n) is 7.26. The fraction of sp³-hybridized carbons (Fsp3) is 0.318. The Hall–Kier alpha value is -2.37. The highest BCUT2D eigenvalue weighted by molar-refractivity contribution is 6.43. The van der Waals surface area contributed by atoms with E-state index in [0.717, 1.165) is 22.4 Å². The molecular weight excluding hydrogens is 411 g/mol. The number of carbonyl (C=O) groups excluding carboxylic acids is 3. The Bertz CT molecular complexity index is 963. The zero-order valence-electron chi connectivity index (χ0n) is 16.5. The summed E-state index contributed by atoms with van der Waals surface area (Å²) in [5.74, 6) is -1.45. The molecule has 0 unspecified atom stereocenters. The summed E-state index contributed by atoms with van der Waals surface area (Å²) < 4.78 is 0. The number of amides is 3. The lowest BCUT2D eigenvalue weighted by molar-refractivity contribution is -0.120. The van der Waals surface area contributed by atoms with Gasteiger partial charge in [0.15, 0.2) is 0 Å². The number of rotatable bonds is 6. The van der Waals surface area contributed by atoms with E-state index in [9.17, 15) is 14.4 Å². The summed E-state index contributed by atoms with van der Waals surface area (Å²) in [6, 6.07) is 7.54. The van der Waals surface area contributed by atoms with Crippen molar-refractivity contribution >= 4 is 46.6 Å². The molecule has 1 heterocycles. The van der Waals surface area contributed by atoms with Gasteiger partial charge in [0.25, 0.3) is 11.8 Å². The molecule has 0 spiro atoms. The number of fused-ring (bicyclic) bond motifs is 1. The average molecular weight is 433 g/mol. The van der Waals surface area contributed by atoms with Gasteiger partial charge in [0.05, 0.1) is 21.2 Å². The fourth-order valence-corrected chi connectivity index (χ4v) is 3.81. The third-order valence-corrected chi connectivity index (χ3v) is 5.77. The monoisotopic (exact) mass is 432 g/mol. The molecule has 152 valence electrons. The van der Waals surface area contributed by atoms with Gasteiger partial charge in [0.1, 0.15) is 6.04 Å². The van der Waals surface area contributed by atoms with E-state index in [1.54, 1.807) is 0 Å². The molecule has 7 heteroatoms. The van der Waals surface area contributed by atoms with Crippen LogP contribution in [0, 0.1) is 13.8 Å². The predicted octanol–water partition coefficient (Wildman–Crippen LogP) is 5.40. The minimum atomic E-state index is -0.916. The first-order valence-electron chi connectivity index (χ1n) is 9.49. The van der Waals surface area contributed by atoms with Crippen molar-refractivity contribution in [3.05, 3.63) is 62.6 Å². The van der Waals surface area contributed by atoms with Crippen LogP contribution < -0.4 is 5.32 Å². The normalized spacial score (nSPS) is 14.2. The molecule has 0 fully saturated rings. The number of carbonyl (C=O) groups is 3. The van der Waals surface area contributed by atoms with Crippen molar-refractivity contribution in [1.82, 2.24) is 4.90 Å². The lowest BCUT2D eigenvalue weighted by atomic mass is 10.1. The molecule has 0 aliphatic carbocycles. The molecule has 1 aliphatic heterocycles. The van der Waals surface area contributed by atoms with E-state index < -0.39 is 23.8 Å². The van der Waals surface area contributed by atoms with Gasteiger partial charge in [-0.25, -0.2) is 0 Å². The molecule has 1 N–H and O–H groups in total. The molecule has 0 saturated heterocycles. The average Bonchev–Trinajstić information content (AvgIpc) is 2.89. The Balaban J connectivity index is 1.93. The van der Waals surface area contributed by atoms with E-state index in [2.05, 4.69) is 5.32 Å². The van der Waals surface area contributed by atoms with Gasteiger partial charge in [-0.15, -0.1) is 0 Å². The third-order valence-electron chi connectivity index (χ3n) is 5.04. The number of nitrogens with zero attached hydrogens (tertiary/aromatic N) is 1. The molecular formula is C22H22Cl2N2O3. The van der Waals surface area contributed by atoms with Crippen molar-refractivity contribution in [2.45, 2.75) is 46.1 Å². The summed E-state index contributed by atoms with van der Waals surface area (Å²) in [7, 11) is 0. The largest absolute Gasteiger partial charge is 0.324 e. The van der Waals surface area contributed by atoms with Crippen molar-refractivity contribution < 1.29 is 14.4 Å². The first-order chi connectivity index (χ1) is 13.7. The molecule has 0 bridgehead atoms. The maximum Gasteiger partial charge on any atom is 0.262 e. The number of imide groups is 1. The van der Waals surface area contributed by atoms with Crippen LogP contribution in [0.25, 0.3) is 0 Å². The van der Waals surface area contributed by atoms with Crippen molar-refractivity contribution in [3.8, 4) is 0 Å². The number of aryl methyl sites for hydroxylation is 2. The van der Waals surface area contributed by atoms with Crippen LogP contribution in [0.1, 0.15) is 58.0 Å². The van der Waals surface area contributed by atoms with E-state index in [1.807, 2.05) is 39.0 Å². The van der Waals surface area contributed by atoms with Gasteiger partial charge in [-0.1, -0.05) is 60.7 Å². The Labute approximate surface area is 180 Å². The van der Waals surface area contributed by atoms with Crippen molar-refractivity contribution in [2.75, 3.05) is 5.32 Å². The highest BCUT2D eigenvalue weighted by atomic mass is 35.5. The van der Waals surface area contributed by atoms with E-state index in [0.29, 0.717) is 18.5 Å². The quantitative estimate of drug-likeness (QED) is 0.620. The van der Waals surface area contributed by atoms with Gasteiger partial charge in [-0.05, 0) is 44.0 Å². The molecule has 2 aromatic rings. The van der Waals surface area contributed by atoms with Gasteiger partial charge >= 0.3 is 0 Å². The number of halogens is 2. The fourth-order valence-electron chi connectivity index (χ4n) is 3.48. The summed E-state index contributed by atoms with van der Waals surface area (Å²) in [5, 5.41) is 3.26. The number of nitrogens with one attached hydrogen (secondary N) is 1. The van der Waals surface area contributed by atoms with Crippen molar-refractivity contribution in [3.63, 3.8) is 0 Å². The predicted molar refractivity (Wildman–Crippen MR) is 115 cm³/mol. The number of hydrogen-bond acceptors (Lipinski definition) is 3. The lowest BCUT2D eigenvalue weighted by Crippen LogP contribution is -2.47. The Morgan fingerprint density at radius 3 is 2.14 bits per heavy atom. The molecule has 2 aromatic carbocycles. The van der Waals surface area contributed by atoms with Crippen LogP contribution in [0.5, 0.6) is 0 Å². The van der Waals surface area contributed by atoms with E-state index in [-0.39, 0.29) is 21.2 Å². The van der Waals surface area contributed by atoms with E-state index in [1.165, 1.54) is 12.1 Å². The third kappa shape index (κ3) is 4.16. The summed E-state index contributed by atoms with van der Waals surface area (Å²) in [6.07, 6.45) is 1.90. The number of hydrogen-bond donors (Lipinski definition) is 1. The van der Waals surface area contributed by atoms with E-state index in [4.69, 9.17) is 23.2 Å². The van der Waals surface area contributed by atoms with Crippen LogP contribution >= 0.6 is 23.2 Å². The smallest absolute Gasteiger partial charge is 0.262 e. The van der Waals surface area contributed by atoms with Crippen molar-refractivity contribution in [1.29, 1.82) is 0 Å². The standard InChI is InChI=1S/C22H22Cl2N2O3/c1-4-5-6-19(20(27)25-18-8-7-12(2)9-13(18)3)26-21(28)14-10-16(23)17(24)11-15(14)22(26)29/h7-11,19H,4-6H2,1-3H3,(H,25,27)/t19-/m0/s1. The second-order valence-corrected chi connectivity index (χ2v) is 8.07. The van der Waals surface area contributed by atoms with Crippen LogP contribution in [0.4, 0.5) is 5.69 Å². The number of anilines is 1. The Kier molecular flexibility index (Phi) is 6.30. The molecule has 0 aromatic heterocycles. The van der Waals surface area contributed by atoms with Crippen LogP contribution in [0.15, 0.2) is 30.3 Å². The lowest BCUT2D eigenvalue weighted by Gasteiger charge is -2.25. The van der Waals surface area contributed by atoms with Gasteiger partial charge in [-0.2, -0.15) is 0 Å². The Morgan fingerprint density at radius 2 is 1.62 bits per heavy atom. The molecule has 5 nitrogen and oxygen atoms in total. The van der Waals surface area contributed by atoms with Crippen LogP contribution in [0.2, 0.25) is 10.0 Å². The summed E-state index contributed by atoms with van der Waals surface area (Å²) in [5.41, 5.74) is 2.99. The molecule has 0 radical (unpaired) electrons. The maximum absolute atomic E-state index is 13.1. The zero-order chi connectivity index (χ0) is 21.3.